The van der Waals surface area contributed by atoms with Gasteiger partial charge in [-0.1, -0.05) is 29.8 Å². The molecule has 0 bridgehead atoms. The van der Waals surface area contributed by atoms with Crippen LogP contribution in [-0.2, 0) is 4.79 Å². The number of carbonyl (C=O) groups is 2. The van der Waals surface area contributed by atoms with Gasteiger partial charge < -0.3 is 0 Å². The molecular weight excluding hydrogens is 276 g/mol. The molecule has 20 heavy (non-hydrogen) atoms. The summed E-state index contributed by atoms with van der Waals surface area (Å²) in [5.74, 6) is -0.458. The van der Waals surface area contributed by atoms with Gasteiger partial charge in [-0.3, -0.25) is 15.0 Å². The quantitative estimate of drug-likeness (QED) is 0.302. The average molecular weight is 287 g/mol. The lowest BCUT2D eigenvalue weighted by Gasteiger charge is -2.02. The van der Waals surface area contributed by atoms with Crippen LogP contribution in [0.4, 0.5) is 5.69 Å². The predicted octanol–water partition coefficient (Wildman–Crippen LogP) is 3.19. The maximum Gasteiger partial charge on any atom is 0.216 e. The number of ketones is 1. The minimum atomic E-state index is -0.458. The molecule has 100 valence electrons. The van der Waals surface area contributed by atoms with Crippen LogP contribution in [0, 0.1) is 0 Å². The molecular formula is C15H11ClN2O2. The summed E-state index contributed by atoms with van der Waals surface area (Å²) in [5, 5.41) is 4.35. The Kier molecular flexibility index (Phi) is 4.63. The Labute approximate surface area is 121 Å². The van der Waals surface area contributed by atoms with Gasteiger partial charge in [0.1, 0.15) is 0 Å². The third kappa shape index (κ3) is 3.52. The molecule has 5 heteroatoms. The number of aldehydes is 1. The second-order valence-electron chi connectivity index (χ2n) is 3.93. The third-order valence-electron chi connectivity index (χ3n) is 2.53. The van der Waals surface area contributed by atoms with Crippen LogP contribution >= 0.6 is 11.6 Å². The van der Waals surface area contributed by atoms with E-state index < -0.39 is 5.78 Å². The molecule has 0 heterocycles. The van der Waals surface area contributed by atoms with Gasteiger partial charge in [0.05, 0.1) is 5.69 Å². The number of hydrazone groups is 1. The summed E-state index contributed by atoms with van der Waals surface area (Å²) in [6.07, 6.45) is 0.423. The number of halogens is 1. The molecule has 2 aromatic rings. The summed E-state index contributed by atoms with van der Waals surface area (Å²) in [4.78, 5) is 23.1. The van der Waals surface area contributed by atoms with E-state index in [9.17, 15) is 9.59 Å². The normalized spacial score (nSPS) is 10.9. The van der Waals surface area contributed by atoms with Gasteiger partial charge in [-0.2, -0.15) is 5.10 Å². The van der Waals surface area contributed by atoms with Crippen molar-refractivity contribution < 1.29 is 9.59 Å². The highest BCUT2D eigenvalue weighted by atomic mass is 35.5. The number of hydrogen-bond donors (Lipinski definition) is 1. The first-order valence-electron chi connectivity index (χ1n) is 5.85. The average Bonchev–Trinajstić information content (AvgIpc) is 2.49. The SMILES string of the molecule is O=C/C(=N/Nc1ccccc1)C(=O)c1ccc(Cl)cc1. The molecule has 0 atom stereocenters. The van der Waals surface area contributed by atoms with Crippen molar-refractivity contribution in [2.75, 3.05) is 5.43 Å². The fourth-order valence-corrected chi connectivity index (χ4v) is 1.64. The second-order valence-corrected chi connectivity index (χ2v) is 4.37. The number of Topliss-reactive ketones (excluding diaryl/α,β-unsaturated/α-hetero) is 1. The molecule has 0 aliphatic heterocycles. The van der Waals surface area contributed by atoms with Crippen molar-refractivity contribution in [1.29, 1.82) is 0 Å². The Morgan fingerprint density at radius 1 is 1.05 bits per heavy atom. The maximum absolute atomic E-state index is 12.1. The Morgan fingerprint density at radius 2 is 1.70 bits per heavy atom. The number of nitrogens with zero attached hydrogens (tertiary/aromatic N) is 1. The first kappa shape index (κ1) is 14.0. The number of hydrogen-bond acceptors (Lipinski definition) is 4. The molecule has 0 spiro atoms. The number of rotatable bonds is 5. The van der Waals surface area contributed by atoms with Crippen LogP contribution in [0.15, 0.2) is 59.7 Å². The largest absolute Gasteiger partial charge is 0.296 e. The van der Waals surface area contributed by atoms with E-state index in [1.807, 2.05) is 18.2 Å². The summed E-state index contributed by atoms with van der Waals surface area (Å²) in [7, 11) is 0. The van der Waals surface area contributed by atoms with Gasteiger partial charge in [0, 0.05) is 10.6 Å². The molecule has 0 aliphatic carbocycles. The topological polar surface area (TPSA) is 58.5 Å². The fraction of sp³-hybridized carbons (Fsp3) is 0. The van der Waals surface area contributed by atoms with Gasteiger partial charge in [-0.05, 0) is 36.4 Å². The van der Waals surface area contributed by atoms with Crippen molar-refractivity contribution >= 4 is 35.1 Å². The standard InChI is InChI=1S/C15H11ClN2O2/c16-12-8-6-11(7-9-12)15(20)14(10-19)18-17-13-4-2-1-3-5-13/h1-10,17H/b18-14-. The van der Waals surface area contributed by atoms with Crippen LogP contribution in [0.5, 0.6) is 0 Å². The summed E-state index contributed by atoms with van der Waals surface area (Å²) < 4.78 is 0. The van der Waals surface area contributed by atoms with Crippen molar-refractivity contribution in [3.05, 3.63) is 65.2 Å². The highest BCUT2D eigenvalue weighted by molar-refractivity contribution is 6.63. The molecule has 2 rings (SSSR count). The van der Waals surface area contributed by atoms with Crippen molar-refractivity contribution in [2.24, 2.45) is 5.10 Å². The Morgan fingerprint density at radius 3 is 2.30 bits per heavy atom. The Bertz CT molecular complexity index is 637. The lowest BCUT2D eigenvalue weighted by molar-refractivity contribution is -0.102. The van der Waals surface area contributed by atoms with Gasteiger partial charge in [0.2, 0.25) is 5.78 Å². The van der Waals surface area contributed by atoms with E-state index in [1.165, 1.54) is 0 Å². The van der Waals surface area contributed by atoms with E-state index in [0.29, 0.717) is 22.6 Å². The number of anilines is 1. The van der Waals surface area contributed by atoms with E-state index >= 15 is 0 Å². The maximum atomic E-state index is 12.1. The fourth-order valence-electron chi connectivity index (χ4n) is 1.52. The van der Waals surface area contributed by atoms with Gasteiger partial charge in [-0.15, -0.1) is 0 Å². The number of para-hydroxylation sites is 1. The van der Waals surface area contributed by atoms with E-state index in [0.717, 1.165) is 0 Å². The molecule has 2 aromatic carbocycles. The Balaban J connectivity index is 2.17. The summed E-state index contributed by atoms with van der Waals surface area (Å²) in [6, 6.07) is 15.3. The molecule has 0 aromatic heterocycles. The predicted molar refractivity (Wildman–Crippen MR) is 79.3 cm³/mol. The van der Waals surface area contributed by atoms with Gasteiger partial charge in [-0.25, -0.2) is 0 Å². The van der Waals surface area contributed by atoms with E-state index in [-0.39, 0.29) is 5.71 Å². The van der Waals surface area contributed by atoms with Crippen molar-refractivity contribution in [1.82, 2.24) is 0 Å². The molecule has 0 fully saturated rings. The molecule has 0 amide bonds. The minimum absolute atomic E-state index is 0.198. The lowest BCUT2D eigenvalue weighted by atomic mass is 10.1. The number of carbonyl (C=O) groups excluding carboxylic acids is 2. The van der Waals surface area contributed by atoms with Gasteiger partial charge in [0.25, 0.3) is 0 Å². The molecule has 0 saturated heterocycles. The zero-order chi connectivity index (χ0) is 14.4. The lowest BCUT2D eigenvalue weighted by Crippen LogP contribution is -2.17. The highest BCUT2D eigenvalue weighted by Crippen LogP contribution is 2.11. The molecule has 0 saturated carbocycles. The smallest absolute Gasteiger partial charge is 0.216 e. The number of benzene rings is 2. The molecule has 0 aliphatic rings. The highest BCUT2D eigenvalue weighted by Gasteiger charge is 2.13. The molecule has 0 radical (unpaired) electrons. The van der Waals surface area contributed by atoms with Crippen molar-refractivity contribution in [3.8, 4) is 0 Å². The summed E-state index contributed by atoms with van der Waals surface area (Å²) in [6.45, 7) is 0. The van der Waals surface area contributed by atoms with Crippen LogP contribution in [0.2, 0.25) is 5.02 Å². The molecule has 1 N–H and O–H groups in total. The second kappa shape index (κ2) is 6.63. The Hall–Kier alpha value is -2.46. The van der Waals surface area contributed by atoms with Crippen LogP contribution in [0.3, 0.4) is 0 Å². The number of nitrogens with one attached hydrogen (secondary N) is 1. The first-order valence-corrected chi connectivity index (χ1v) is 6.22. The zero-order valence-corrected chi connectivity index (χ0v) is 11.2. The third-order valence-corrected chi connectivity index (χ3v) is 2.78. The van der Waals surface area contributed by atoms with Gasteiger partial charge in [0.15, 0.2) is 12.0 Å². The van der Waals surface area contributed by atoms with Crippen molar-refractivity contribution in [3.63, 3.8) is 0 Å². The zero-order valence-electron chi connectivity index (χ0n) is 10.4. The summed E-state index contributed by atoms with van der Waals surface area (Å²) in [5.41, 5.74) is 3.52. The summed E-state index contributed by atoms with van der Waals surface area (Å²) >= 11 is 5.75. The molecule has 0 unspecified atom stereocenters. The first-order chi connectivity index (χ1) is 9.70. The van der Waals surface area contributed by atoms with E-state index in [4.69, 9.17) is 11.6 Å². The van der Waals surface area contributed by atoms with Crippen molar-refractivity contribution in [2.45, 2.75) is 0 Å². The minimum Gasteiger partial charge on any atom is -0.296 e. The monoisotopic (exact) mass is 286 g/mol. The van der Waals surface area contributed by atoms with E-state index in [2.05, 4.69) is 10.5 Å². The van der Waals surface area contributed by atoms with Gasteiger partial charge >= 0.3 is 0 Å². The molecule has 4 nitrogen and oxygen atoms in total. The van der Waals surface area contributed by atoms with Crippen LogP contribution < -0.4 is 5.43 Å². The van der Waals surface area contributed by atoms with Crippen LogP contribution in [0.1, 0.15) is 10.4 Å². The van der Waals surface area contributed by atoms with E-state index in [1.54, 1.807) is 36.4 Å². The van der Waals surface area contributed by atoms with Crippen LogP contribution in [0.25, 0.3) is 0 Å². The van der Waals surface area contributed by atoms with Crippen LogP contribution in [-0.4, -0.2) is 17.8 Å².